The fourth-order valence-corrected chi connectivity index (χ4v) is 9.56. The number of hydrogen-bond donors (Lipinski definition) is 0. The van der Waals surface area contributed by atoms with Crippen LogP contribution >= 0.6 is 0 Å². The average molecular weight is 424 g/mol. The molecule has 0 heterocycles. The van der Waals surface area contributed by atoms with Crippen molar-refractivity contribution in [3.05, 3.63) is 88.0 Å². The number of nitro benzene ring substituents is 1. The summed E-state index contributed by atoms with van der Waals surface area (Å²) in [5.41, 5.74) is 3.49. The fraction of sp³-hybridized carbons (Fsp3) is 0.360. The minimum atomic E-state index is -2.10. The Labute approximate surface area is 181 Å². The molecule has 30 heavy (non-hydrogen) atoms. The van der Waals surface area contributed by atoms with E-state index in [-0.39, 0.29) is 10.6 Å². The predicted molar refractivity (Wildman–Crippen MR) is 129 cm³/mol. The highest BCUT2D eigenvalue weighted by Gasteiger charge is 2.47. The van der Waals surface area contributed by atoms with Crippen LogP contribution in [-0.2, 0) is 4.43 Å². The van der Waals surface area contributed by atoms with E-state index in [0.717, 1.165) is 16.9 Å². The van der Waals surface area contributed by atoms with Gasteiger partial charge in [0.05, 0.1) is 4.92 Å². The first kappa shape index (κ1) is 23.6. The third-order valence-corrected chi connectivity index (χ3v) is 11.7. The summed E-state index contributed by atoms with van der Waals surface area (Å²) >= 11 is 0. The first-order valence-electron chi connectivity index (χ1n) is 10.6. The fourth-order valence-electron chi connectivity index (χ4n) is 4.29. The van der Waals surface area contributed by atoms with E-state index in [1.807, 2.05) is 36.4 Å². The lowest BCUT2D eigenvalue weighted by atomic mass is 10.1. The number of rotatable bonds is 9. The van der Waals surface area contributed by atoms with Crippen LogP contribution in [0.2, 0.25) is 16.6 Å². The Balaban J connectivity index is 2.41. The molecule has 0 saturated heterocycles. The summed E-state index contributed by atoms with van der Waals surface area (Å²) in [7, 11) is -2.10. The van der Waals surface area contributed by atoms with Crippen molar-refractivity contribution in [1.82, 2.24) is 0 Å². The molecule has 0 bridgehead atoms. The first-order valence-corrected chi connectivity index (χ1v) is 12.7. The third-order valence-electron chi connectivity index (χ3n) is 5.69. The zero-order valence-corrected chi connectivity index (χ0v) is 19.8. The molecule has 0 atom stereocenters. The van der Waals surface area contributed by atoms with Gasteiger partial charge in [-0.15, -0.1) is 0 Å². The molecule has 0 spiro atoms. The SMILES string of the molecule is CC(C)[Si](O/C(=C/C=C/c1ccc([N+](=O)[O-])cc1)c1ccccc1)(C(C)C)C(C)C. The second-order valence-electron chi connectivity index (χ2n) is 8.52. The van der Waals surface area contributed by atoms with Crippen molar-refractivity contribution in [1.29, 1.82) is 0 Å². The average Bonchev–Trinajstić information content (AvgIpc) is 2.70. The second kappa shape index (κ2) is 10.4. The van der Waals surface area contributed by atoms with E-state index in [9.17, 15) is 10.1 Å². The Morgan fingerprint density at radius 2 is 1.43 bits per heavy atom. The molecule has 0 N–H and O–H groups in total. The van der Waals surface area contributed by atoms with Gasteiger partial charge >= 0.3 is 0 Å². The lowest BCUT2D eigenvalue weighted by Crippen LogP contribution is -2.47. The van der Waals surface area contributed by atoms with Gasteiger partial charge in [0.2, 0.25) is 0 Å². The lowest BCUT2D eigenvalue weighted by Gasteiger charge is -2.43. The number of non-ortho nitro benzene ring substituents is 1. The molecule has 2 rings (SSSR count). The number of hydrogen-bond acceptors (Lipinski definition) is 3. The van der Waals surface area contributed by atoms with Crippen molar-refractivity contribution in [3.8, 4) is 0 Å². The maximum absolute atomic E-state index is 10.8. The first-order chi connectivity index (χ1) is 14.2. The van der Waals surface area contributed by atoms with Crippen molar-refractivity contribution in [2.45, 2.75) is 58.2 Å². The van der Waals surface area contributed by atoms with Crippen molar-refractivity contribution in [3.63, 3.8) is 0 Å². The largest absolute Gasteiger partial charge is 0.542 e. The summed E-state index contributed by atoms with van der Waals surface area (Å²) < 4.78 is 6.96. The van der Waals surface area contributed by atoms with Crippen molar-refractivity contribution < 1.29 is 9.35 Å². The zero-order valence-electron chi connectivity index (χ0n) is 18.8. The molecule has 0 aliphatic heterocycles. The van der Waals surface area contributed by atoms with Gasteiger partial charge in [0, 0.05) is 17.7 Å². The minimum Gasteiger partial charge on any atom is -0.542 e. The third kappa shape index (κ3) is 5.48. The molecule has 2 aromatic carbocycles. The second-order valence-corrected chi connectivity index (χ2v) is 13.9. The summed E-state index contributed by atoms with van der Waals surface area (Å²) in [4.78, 5) is 10.4. The quantitative estimate of drug-likeness (QED) is 0.136. The van der Waals surface area contributed by atoms with E-state index in [0.29, 0.717) is 16.6 Å². The van der Waals surface area contributed by atoms with Gasteiger partial charge in [0.15, 0.2) is 0 Å². The van der Waals surface area contributed by atoms with Crippen LogP contribution in [0.1, 0.15) is 52.7 Å². The van der Waals surface area contributed by atoms with Gasteiger partial charge in [0.1, 0.15) is 5.76 Å². The summed E-state index contributed by atoms with van der Waals surface area (Å²) in [5.74, 6) is 0.886. The molecule has 0 fully saturated rings. The van der Waals surface area contributed by atoms with Gasteiger partial charge in [-0.2, -0.15) is 0 Å². The standard InChI is InChI=1S/C25H33NO3Si/c1-19(2)30(20(3)4,21(5)6)29-25(23-12-8-7-9-13-23)14-10-11-22-15-17-24(18-16-22)26(27)28/h7-21H,1-6H3/b11-10+,25-14+. The Hall–Kier alpha value is -2.66. The van der Waals surface area contributed by atoms with Crippen LogP contribution in [-0.4, -0.2) is 13.2 Å². The molecule has 0 saturated carbocycles. The van der Waals surface area contributed by atoms with Crippen molar-refractivity contribution in [2.75, 3.05) is 0 Å². The van der Waals surface area contributed by atoms with Crippen molar-refractivity contribution >= 4 is 25.8 Å². The van der Waals surface area contributed by atoms with E-state index in [1.54, 1.807) is 12.1 Å². The van der Waals surface area contributed by atoms with E-state index in [2.05, 4.69) is 53.7 Å². The van der Waals surface area contributed by atoms with E-state index in [1.165, 1.54) is 12.1 Å². The summed E-state index contributed by atoms with van der Waals surface area (Å²) in [6.07, 6.45) is 5.93. The topological polar surface area (TPSA) is 52.4 Å². The van der Waals surface area contributed by atoms with Gasteiger partial charge in [0.25, 0.3) is 14.0 Å². The number of nitrogens with zero attached hydrogens (tertiary/aromatic N) is 1. The summed E-state index contributed by atoms with van der Waals surface area (Å²) in [6.45, 7) is 13.7. The predicted octanol–water partition coefficient (Wildman–Crippen LogP) is 7.84. The van der Waals surface area contributed by atoms with Gasteiger partial charge in [-0.3, -0.25) is 10.1 Å². The molecular weight excluding hydrogens is 390 g/mol. The molecule has 0 radical (unpaired) electrons. The molecule has 0 aliphatic rings. The lowest BCUT2D eigenvalue weighted by molar-refractivity contribution is -0.384. The number of nitro groups is 1. The molecule has 5 heteroatoms. The normalized spacial score (nSPS) is 12.9. The van der Waals surface area contributed by atoms with Crippen LogP contribution in [0.25, 0.3) is 11.8 Å². The number of allylic oxidation sites excluding steroid dienone is 2. The molecule has 0 amide bonds. The molecular formula is C25H33NO3Si. The molecule has 0 aliphatic carbocycles. The van der Waals surface area contributed by atoms with E-state index < -0.39 is 8.32 Å². The van der Waals surface area contributed by atoms with Crippen LogP contribution < -0.4 is 0 Å². The zero-order chi connectivity index (χ0) is 22.3. The monoisotopic (exact) mass is 423 g/mol. The van der Waals surface area contributed by atoms with Gasteiger partial charge < -0.3 is 4.43 Å². The molecule has 160 valence electrons. The van der Waals surface area contributed by atoms with E-state index >= 15 is 0 Å². The minimum absolute atomic E-state index is 0.0950. The molecule has 0 aromatic heterocycles. The highest BCUT2D eigenvalue weighted by Crippen LogP contribution is 2.44. The van der Waals surface area contributed by atoms with Gasteiger partial charge in [-0.25, -0.2) is 0 Å². The number of benzene rings is 2. The van der Waals surface area contributed by atoms with Crippen LogP contribution in [0.4, 0.5) is 5.69 Å². The maximum Gasteiger partial charge on any atom is 0.269 e. The molecule has 4 nitrogen and oxygen atoms in total. The summed E-state index contributed by atoms with van der Waals surface area (Å²) in [6, 6.07) is 16.7. The summed E-state index contributed by atoms with van der Waals surface area (Å²) in [5, 5.41) is 10.8. The smallest absolute Gasteiger partial charge is 0.269 e. The Kier molecular flexibility index (Phi) is 8.18. The van der Waals surface area contributed by atoms with Gasteiger partial charge in [-0.1, -0.05) is 84.0 Å². The highest BCUT2D eigenvalue weighted by molar-refractivity contribution is 6.78. The van der Waals surface area contributed by atoms with E-state index in [4.69, 9.17) is 4.43 Å². The highest BCUT2D eigenvalue weighted by atomic mass is 28.4. The Morgan fingerprint density at radius 1 is 0.900 bits per heavy atom. The maximum atomic E-state index is 10.8. The van der Waals surface area contributed by atoms with Crippen LogP contribution in [0.5, 0.6) is 0 Å². The van der Waals surface area contributed by atoms with Crippen LogP contribution in [0.15, 0.2) is 66.7 Å². The van der Waals surface area contributed by atoms with Crippen LogP contribution in [0, 0.1) is 10.1 Å². The molecule has 0 unspecified atom stereocenters. The van der Waals surface area contributed by atoms with Gasteiger partial charge in [-0.05, 0) is 40.4 Å². The Bertz CT molecular complexity index is 863. The molecule has 2 aromatic rings. The van der Waals surface area contributed by atoms with Crippen LogP contribution in [0.3, 0.4) is 0 Å². The Morgan fingerprint density at radius 3 is 1.90 bits per heavy atom. The van der Waals surface area contributed by atoms with Crippen molar-refractivity contribution in [2.24, 2.45) is 0 Å².